The summed E-state index contributed by atoms with van der Waals surface area (Å²) < 4.78 is 106. The summed E-state index contributed by atoms with van der Waals surface area (Å²) in [6, 6.07) is 81.7. The fourth-order valence-corrected chi connectivity index (χ4v) is 15.6. The van der Waals surface area contributed by atoms with Crippen molar-refractivity contribution in [1.82, 2.24) is 4.57 Å². The van der Waals surface area contributed by atoms with Gasteiger partial charge in [-0.1, -0.05) is 190 Å². The first-order chi connectivity index (χ1) is 44.8. The Balaban J connectivity index is 1.01. The van der Waals surface area contributed by atoms with Crippen LogP contribution in [0.1, 0.15) is 58.4 Å². The number of fused-ring (bicyclic) bond motifs is 22. The van der Waals surface area contributed by atoms with Crippen molar-refractivity contribution < 1.29 is 35.2 Å². The minimum absolute atomic E-state index is 0.236. The smallest absolute Gasteiger partial charge is 0.420 e. The highest BCUT2D eigenvalue weighted by atomic mass is 19.4. The van der Waals surface area contributed by atoms with Gasteiger partial charge in [0.05, 0.1) is 56.0 Å². The summed E-state index contributed by atoms with van der Waals surface area (Å²) >= 11 is 0. The molecule has 1 aliphatic carbocycles. The van der Waals surface area contributed by atoms with E-state index >= 15 is 26.3 Å². The molecule has 444 valence electrons. The van der Waals surface area contributed by atoms with Gasteiger partial charge in [0, 0.05) is 54.5 Å². The predicted molar refractivity (Wildman–Crippen MR) is 359 cm³/mol. The highest BCUT2D eigenvalue weighted by Gasteiger charge is 2.53. The van der Waals surface area contributed by atoms with Gasteiger partial charge in [-0.25, -0.2) is 0 Å². The SMILES string of the molecule is CCc1ccc(N(c2cc3c(c4ccccc24)-c2c(cc(N(c4ccc(CC)cc4)c4cccc5c4oc4c(C(F)(F)F)cccc45)c4ccccc24)C32c3ccccc3-n3c4ccccc4c4cccc2c43)c2cccc3c2oc2c(C(F)(F)F)cccc23)cc1. The molecule has 4 heterocycles. The van der Waals surface area contributed by atoms with E-state index < -0.39 is 28.9 Å². The van der Waals surface area contributed by atoms with Crippen LogP contribution in [0.3, 0.4) is 0 Å². The van der Waals surface area contributed by atoms with Crippen molar-refractivity contribution in [2.75, 3.05) is 9.80 Å². The molecule has 92 heavy (non-hydrogen) atoms. The first kappa shape index (κ1) is 53.9. The summed E-state index contributed by atoms with van der Waals surface area (Å²) in [7, 11) is 0. The van der Waals surface area contributed by atoms with Crippen LogP contribution < -0.4 is 9.80 Å². The molecule has 0 atom stereocenters. The molecule has 0 N–H and O–H groups in total. The number of benzene rings is 13. The zero-order chi connectivity index (χ0) is 62.1. The summed E-state index contributed by atoms with van der Waals surface area (Å²) in [5, 5.41) is 7.62. The van der Waals surface area contributed by atoms with Crippen molar-refractivity contribution in [2.24, 2.45) is 0 Å². The Morgan fingerprint density at radius 1 is 0.348 bits per heavy atom. The summed E-state index contributed by atoms with van der Waals surface area (Å²) in [5.41, 5.74) is 12.8. The number of para-hydroxylation sites is 7. The number of aryl methyl sites for hydroxylation is 2. The minimum Gasteiger partial charge on any atom is -0.453 e. The van der Waals surface area contributed by atoms with E-state index in [-0.39, 0.29) is 11.2 Å². The molecule has 0 bridgehead atoms. The Morgan fingerprint density at radius 2 is 0.739 bits per heavy atom. The van der Waals surface area contributed by atoms with E-state index in [0.29, 0.717) is 44.1 Å². The Bertz CT molecular complexity index is 5520. The number of nitrogens with zero attached hydrogens (tertiary/aromatic N) is 3. The van der Waals surface area contributed by atoms with Crippen LogP contribution in [0.15, 0.2) is 258 Å². The first-order valence-corrected chi connectivity index (χ1v) is 30.9. The van der Waals surface area contributed by atoms with Gasteiger partial charge in [-0.3, -0.25) is 0 Å². The number of aromatic nitrogens is 1. The van der Waals surface area contributed by atoms with Gasteiger partial charge in [-0.2, -0.15) is 26.3 Å². The van der Waals surface area contributed by atoms with Gasteiger partial charge in [0.1, 0.15) is 11.2 Å². The standard InChI is InChI=1S/C81H51F6N3O2/c1-3-46-36-40-48(41-37-46)88(68-34-16-26-58-56-24-14-30-62(80(82,83)84)75(56)91-77(58)68)70-44-64-72(53-21-7-5-18-50(53)70)73-54-22-8-6-19-51(54)71(45-65(73)79(64)60-28-10-12-33-67(60)90-66-32-11-9-20-52(66)55-23-13-29-61(79)74(55)90)89(49-42-38-47(4-2)39-43-49)69-35-17-27-59-57-25-15-31-63(81(85,86)87)76(57)92-78(59)69/h5-45H,3-4H2,1-2H3. The van der Waals surface area contributed by atoms with Crippen LogP contribution in [0, 0.1) is 0 Å². The zero-order valence-electron chi connectivity index (χ0n) is 49.5. The van der Waals surface area contributed by atoms with Gasteiger partial charge < -0.3 is 23.2 Å². The number of hydrogen-bond acceptors (Lipinski definition) is 4. The number of halogens is 6. The number of anilines is 6. The highest BCUT2D eigenvalue weighted by molar-refractivity contribution is 6.22. The van der Waals surface area contributed by atoms with E-state index in [1.54, 1.807) is 12.1 Å². The van der Waals surface area contributed by atoms with E-state index in [0.717, 1.165) is 141 Å². The summed E-state index contributed by atoms with van der Waals surface area (Å²) in [6.45, 7) is 4.21. The molecule has 0 amide bonds. The van der Waals surface area contributed by atoms with Crippen LogP contribution in [0.2, 0.25) is 0 Å². The monoisotopic (exact) mass is 1210 g/mol. The molecule has 1 spiro atoms. The number of rotatable bonds is 8. The summed E-state index contributed by atoms with van der Waals surface area (Å²) in [4.78, 5) is 4.32. The predicted octanol–water partition coefficient (Wildman–Crippen LogP) is 23.7. The third kappa shape index (κ3) is 7.38. The van der Waals surface area contributed by atoms with E-state index in [1.165, 1.54) is 12.1 Å². The van der Waals surface area contributed by atoms with Crippen molar-refractivity contribution in [1.29, 1.82) is 0 Å². The second-order valence-electron chi connectivity index (χ2n) is 24.1. The average Bonchev–Trinajstić information content (AvgIpc) is 1.47. The average molecular weight is 1210 g/mol. The molecule has 13 aromatic carbocycles. The Hall–Kier alpha value is -11.0. The van der Waals surface area contributed by atoms with Gasteiger partial charge >= 0.3 is 12.4 Å². The molecule has 0 fully saturated rings. The second-order valence-corrected chi connectivity index (χ2v) is 24.1. The lowest BCUT2D eigenvalue weighted by atomic mass is 9.65. The highest BCUT2D eigenvalue weighted by Crippen LogP contribution is 2.66. The zero-order valence-corrected chi connectivity index (χ0v) is 49.5. The number of alkyl halides is 6. The maximum atomic E-state index is 15.0. The molecule has 16 aromatic rings. The normalized spacial score (nSPS) is 13.4. The van der Waals surface area contributed by atoms with Crippen LogP contribution in [0.4, 0.5) is 60.5 Å². The van der Waals surface area contributed by atoms with E-state index in [9.17, 15) is 0 Å². The van der Waals surface area contributed by atoms with Crippen LogP contribution in [-0.4, -0.2) is 4.57 Å². The molecule has 1 aliphatic heterocycles. The maximum absolute atomic E-state index is 15.0. The fourth-order valence-electron chi connectivity index (χ4n) is 15.6. The molecular formula is C81H51F6N3O2. The van der Waals surface area contributed by atoms with Gasteiger partial charge in [0.15, 0.2) is 11.2 Å². The third-order valence-electron chi connectivity index (χ3n) is 19.5. The first-order valence-electron chi connectivity index (χ1n) is 30.9. The minimum atomic E-state index is -4.68. The van der Waals surface area contributed by atoms with Crippen molar-refractivity contribution in [3.63, 3.8) is 0 Å². The molecule has 3 aromatic heterocycles. The van der Waals surface area contributed by atoms with Gasteiger partial charge in [-0.15, -0.1) is 0 Å². The lowest BCUT2D eigenvalue weighted by molar-refractivity contribution is -0.137. The molecule has 5 nitrogen and oxygen atoms in total. The van der Waals surface area contributed by atoms with Crippen molar-refractivity contribution in [2.45, 2.75) is 44.5 Å². The topological polar surface area (TPSA) is 37.7 Å². The molecule has 0 radical (unpaired) electrons. The lowest BCUT2D eigenvalue weighted by Gasteiger charge is -2.40. The fraction of sp³-hybridized carbons (Fsp3) is 0.0864. The molecule has 11 heteroatoms. The largest absolute Gasteiger partial charge is 0.453 e. The van der Waals surface area contributed by atoms with Gasteiger partial charge in [0.25, 0.3) is 0 Å². The van der Waals surface area contributed by atoms with Gasteiger partial charge in [-0.05, 0) is 141 Å². The van der Waals surface area contributed by atoms with E-state index in [4.69, 9.17) is 8.83 Å². The lowest BCUT2D eigenvalue weighted by Crippen LogP contribution is -2.34. The molecule has 2 aliphatic rings. The molecule has 0 saturated carbocycles. The third-order valence-corrected chi connectivity index (χ3v) is 19.5. The van der Waals surface area contributed by atoms with Crippen LogP contribution in [0.25, 0.3) is 104 Å². The number of furan rings is 2. The summed E-state index contributed by atoms with van der Waals surface area (Å²) in [5.74, 6) is 0. The Morgan fingerprint density at radius 3 is 1.23 bits per heavy atom. The van der Waals surface area contributed by atoms with Gasteiger partial charge in [0.2, 0.25) is 0 Å². The van der Waals surface area contributed by atoms with E-state index in [2.05, 4.69) is 192 Å². The van der Waals surface area contributed by atoms with Crippen molar-refractivity contribution in [3.8, 4) is 16.8 Å². The summed E-state index contributed by atoms with van der Waals surface area (Å²) in [6.07, 6.45) is -7.80. The van der Waals surface area contributed by atoms with Crippen molar-refractivity contribution in [3.05, 3.63) is 293 Å². The number of hydrogen-bond donors (Lipinski definition) is 0. The van der Waals surface area contributed by atoms with Crippen molar-refractivity contribution >= 4 is 121 Å². The molecule has 18 rings (SSSR count). The van der Waals surface area contributed by atoms with Crippen LogP contribution in [0.5, 0.6) is 0 Å². The Labute approximate surface area is 522 Å². The maximum Gasteiger partial charge on any atom is 0.420 e. The second kappa shape index (κ2) is 19.5. The van der Waals surface area contributed by atoms with Crippen LogP contribution >= 0.6 is 0 Å². The Kier molecular flexibility index (Phi) is 11.4. The quantitative estimate of drug-likeness (QED) is 0.142. The molecule has 0 saturated heterocycles. The molecular weight excluding hydrogens is 1160 g/mol. The van der Waals surface area contributed by atoms with Crippen LogP contribution in [-0.2, 0) is 30.6 Å². The van der Waals surface area contributed by atoms with E-state index in [1.807, 2.05) is 48.5 Å². The molecule has 0 unspecified atom stereocenters.